The Morgan fingerprint density at radius 2 is 1.95 bits per heavy atom. The topological polar surface area (TPSA) is 37.8 Å². The highest BCUT2D eigenvalue weighted by molar-refractivity contribution is 14.1. The molecule has 0 aliphatic heterocycles. The summed E-state index contributed by atoms with van der Waals surface area (Å²) in [5, 5.41) is 3.16. The van der Waals surface area contributed by atoms with Crippen LogP contribution >= 0.6 is 38.5 Å². The van der Waals surface area contributed by atoms with E-state index in [0.29, 0.717) is 5.92 Å². The molecule has 2 rings (SSSR count). The smallest absolute Gasteiger partial charge is 0.162 e. The van der Waals surface area contributed by atoms with Gasteiger partial charge < -0.3 is 5.32 Å². The summed E-state index contributed by atoms with van der Waals surface area (Å²) in [6.07, 6.45) is 0.951. The standard InChI is InChI=1S/C15H17BrIN3/c1-9(2)8-12-13(17)15(18-3)20-14(19-12)10-6-4-5-7-11(10)16/h4-7,9H,8H2,1-3H3,(H,18,19,20). The van der Waals surface area contributed by atoms with E-state index in [4.69, 9.17) is 4.98 Å². The highest BCUT2D eigenvalue weighted by Gasteiger charge is 2.15. The average molecular weight is 446 g/mol. The third-order valence-electron chi connectivity index (χ3n) is 2.87. The van der Waals surface area contributed by atoms with Crippen LogP contribution in [-0.2, 0) is 6.42 Å². The average Bonchev–Trinajstić information content (AvgIpc) is 2.41. The largest absolute Gasteiger partial charge is 0.372 e. The molecule has 3 nitrogen and oxygen atoms in total. The third-order valence-corrected chi connectivity index (χ3v) is 4.70. The van der Waals surface area contributed by atoms with E-state index in [1.54, 1.807) is 0 Å². The normalized spacial score (nSPS) is 10.9. The molecule has 0 bridgehead atoms. The summed E-state index contributed by atoms with van der Waals surface area (Å²) in [7, 11) is 1.90. The van der Waals surface area contributed by atoms with E-state index in [1.807, 2.05) is 31.3 Å². The van der Waals surface area contributed by atoms with Gasteiger partial charge in [-0.3, -0.25) is 0 Å². The van der Waals surface area contributed by atoms with E-state index >= 15 is 0 Å². The van der Waals surface area contributed by atoms with Crippen LogP contribution in [0.25, 0.3) is 11.4 Å². The van der Waals surface area contributed by atoms with E-state index in [0.717, 1.165) is 37.4 Å². The summed E-state index contributed by atoms with van der Waals surface area (Å²) in [5.41, 5.74) is 2.12. The molecule has 0 saturated heterocycles. The van der Waals surface area contributed by atoms with Crippen LogP contribution in [0.1, 0.15) is 19.5 Å². The first-order valence-electron chi connectivity index (χ1n) is 6.52. The van der Waals surface area contributed by atoms with Gasteiger partial charge in [-0.15, -0.1) is 0 Å². The number of halogens is 2. The molecule has 0 fully saturated rings. The van der Waals surface area contributed by atoms with E-state index in [2.05, 4.69) is 62.7 Å². The van der Waals surface area contributed by atoms with Crippen molar-refractivity contribution in [2.24, 2.45) is 5.92 Å². The fraction of sp³-hybridized carbons (Fsp3) is 0.333. The molecule has 106 valence electrons. The van der Waals surface area contributed by atoms with Gasteiger partial charge >= 0.3 is 0 Å². The molecular formula is C15H17BrIN3. The van der Waals surface area contributed by atoms with Crippen LogP contribution in [0.2, 0.25) is 0 Å². The van der Waals surface area contributed by atoms with Crippen LogP contribution in [-0.4, -0.2) is 17.0 Å². The van der Waals surface area contributed by atoms with E-state index in [-0.39, 0.29) is 0 Å². The molecule has 1 heterocycles. The summed E-state index contributed by atoms with van der Waals surface area (Å²) in [6.45, 7) is 4.41. The lowest BCUT2D eigenvalue weighted by atomic mass is 10.1. The maximum Gasteiger partial charge on any atom is 0.162 e. The zero-order chi connectivity index (χ0) is 14.7. The summed E-state index contributed by atoms with van der Waals surface area (Å²) in [4.78, 5) is 9.39. The summed E-state index contributed by atoms with van der Waals surface area (Å²) < 4.78 is 2.12. The van der Waals surface area contributed by atoms with Gasteiger partial charge in [-0.25, -0.2) is 9.97 Å². The SMILES string of the molecule is CNc1nc(-c2ccccc2Br)nc(CC(C)C)c1I. The second-order valence-corrected chi connectivity index (χ2v) is 6.92. The Morgan fingerprint density at radius 3 is 2.55 bits per heavy atom. The van der Waals surface area contributed by atoms with Gasteiger partial charge in [-0.1, -0.05) is 48.0 Å². The first kappa shape index (κ1) is 15.7. The number of benzene rings is 1. The molecule has 5 heteroatoms. The van der Waals surface area contributed by atoms with Crippen molar-refractivity contribution in [1.82, 2.24) is 9.97 Å². The van der Waals surface area contributed by atoms with Crippen LogP contribution in [0.4, 0.5) is 5.82 Å². The Labute approximate surface area is 141 Å². The number of nitrogens with zero attached hydrogens (tertiary/aromatic N) is 2. The molecule has 0 aliphatic rings. The molecule has 0 amide bonds. The van der Waals surface area contributed by atoms with Gasteiger partial charge in [0.05, 0.1) is 9.26 Å². The van der Waals surface area contributed by atoms with Gasteiger partial charge in [0.15, 0.2) is 5.82 Å². The summed E-state index contributed by atoms with van der Waals surface area (Å²) >= 11 is 5.89. The maximum absolute atomic E-state index is 4.76. The predicted molar refractivity (Wildman–Crippen MR) is 96.0 cm³/mol. The number of hydrogen-bond donors (Lipinski definition) is 1. The molecule has 20 heavy (non-hydrogen) atoms. The molecule has 2 aromatic rings. The van der Waals surface area contributed by atoms with Crippen molar-refractivity contribution in [2.45, 2.75) is 20.3 Å². The van der Waals surface area contributed by atoms with Crippen molar-refractivity contribution in [3.8, 4) is 11.4 Å². The van der Waals surface area contributed by atoms with Gasteiger partial charge in [0.2, 0.25) is 0 Å². The third kappa shape index (κ3) is 3.49. The predicted octanol–water partition coefficient (Wildman–Crippen LogP) is 4.75. The lowest BCUT2D eigenvalue weighted by Gasteiger charge is -2.13. The molecule has 0 spiro atoms. The van der Waals surface area contributed by atoms with Crippen molar-refractivity contribution in [1.29, 1.82) is 0 Å². The quantitative estimate of drug-likeness (QED) is 0.690. The van der Waals surface area contributed by atoms with Gasteiger partial charge in [-0.05, 0) is 41.0 Å². The fourth-order valence-electron chi connectivity index (χ4n) is 1.94. The van der Waals surface area contributed by atoms with Gasteiger partial charge in [0, 0.05) is 17.1 Å². The van der Waals surface area contributed by atoms with Crippen LogP contribution in [0.3, 0.4) is 0 Å². The Hall–Kier alpha value is -0.690. The van der Waals surface area contributed by atoms with Crippen molar-refractivity contribution in [3.05, 3.63) is 38.0 Å². The monoisotopic (exact) mass is 445 g/mol. The molecular weight excluding hydrogens is 429 g/mol. The molecule has 0 unspecified atom stereocenters. The van der Waals surface area contributed by atoms with E-state index in [9.17, 15) is 0 Å². The molecule has 0 radical (unpaired) electrons. The maximum atomic E-state index is 4.76. The molecule has 0 atom stereocenters. The lowest BCUT2D eigenvalue weighted by Crippen LogP contribution is -2.08. The van der Waals surface area contributed by atoms with E-state index in [1.165, 1.54) is 0 Å². The first-order valence-corrected chi connectivity index (χ1v) is 8.39. The fourth-order valence-corrected chi connectivity index (χ4v) is 3.14. The number of rotatable bonds is 4. The molecule has 1 N–H and O–H groups in total. The van der Waals surface area contributed by atoms with Crippen LogP contribution in [0.15, 0.2) is 28.7 Å². The van der Waals surface area contributed by atoms with Crippen molar-refractivity contribution in [2.75, 3.05) is 12.4 Å². The number of anilines is 1. The number of hydrogen-bond acceptors (Lipinski definition) is 3. The van der Waals surface area contributed by atoms with Crippen molar-refractivity contribution in [3.63, 3.8) is 0 Å². The van der Waals surface area contributed by atoms with Crippen LogP contribution in [0.5, 0.6) is 0 Å². The second-order valence-electron chi connectivity index (χ2n) is 4.98. The highest BCUT2D eigenvalue weighted by Crippen LogP contribution is 2.29. The summed E-state index contributed by atoms with van der Waals surface area (Å²) in [5.74, 6) is 2.22. The minimum atomic E-state index is 0.565. The van der Waals surface area contributed by atoms with Gasteiger partial charge in [-0.2, -0.15) is 0 Å². The Morgan fingerprint density at radius 1 is 1.25 bits per heavy atom. The molecule has 0 aliphatic carbocycles. The highest BCUT2D eigenvalue weighted by atomic mass is 127. The van der Waals surface area contributed by atoms with Crippen LogP contribution < -0.4 is 5.32 Å². The molecule has 0 saturated carbocycles. The minimum Gasteiger partial charge on any atom is -0.372 e. The number of aromatic nitrogens is 2. The second kappa shape index (κ2) is 6.85. The van der Waals surface area contributed by atoms with Gasteiger partial charge in [0.1, 0.15) is 5.82 Å². The molecule has 1 aromatic carbocycles. The van der Waals surface area contributed by atoms with Crippen LogP contribution in [0, 0.1) is 9.49 Å². The van der Waals surface area contributed by atoms with Crippen molar-refractivity contribution >= 4 is 44.3 Å². The molecule has 1 aromatic heterocycles. The minimum absolute atomic E-state index is 0.565. The lowest BCUT2D eigenvalue weighted by molar-refractivity contribution is 0.632. The number of nitrogens with one attached hydrogen (secondary N) is 1. The van der Waals surface area contributed by atoms with E-state index < -0.39 is 0 Å². The van der Waals surface area contributed by atoms with Gasteiger partial charge in [0.25, 0.3) is 0 Å². The first-order chi connectivity index (χ1) is 9.52. The zero-order valence-corrected chi connectivity index (χ0v) is 15.5. The Balaban J connectivity index is 2.57. The van der Waals surface area contributed by atoms with Crippen molar-refractivity contribution < 1.29 is 0 Å². The zero-order valence-electron chi connectivity index (χ0n) is 11.7. The summed E-state index contributed by atoms with van der Waals surface area (Å²) in [6, 6.07) is 8.04. The Kier molecular flexibility index (Phi) is 5.37. The Bertz CT molecular complexity index is 614.